The number of hydrogen-bond acceptors (Lipinski definition) is 1. The molecule has 0 atom stereocenters. The number of nitrogens with zero attached hydrogens (tertiary/aromatic N) is 1. The van der Waals surface area contributed by atoms with Gasteiger partial charge in [0.05, 0.1) is 5.69 Å². The summed E-state index contributed by atoms with van der Waals surface area (Å²) in [5.41, 5.74) is 10.5. The molecule has 0 aliphatic carbocycles. The molecule has 1 nitrogen and oxygen atoms in total. The zero-order valence-electron chi connectivity index (χ0n) is 25.1. The Bertz CT molecular complexity index is 2280. The molecule has 0 unspecified atom stereocenters. The van der Waals surface area contributed by atoms with Crippen molar-refractivity contribution < 1.29 is 0 Å². The van der Waals surface area contributed by atoms with Gasteiger partial charge in [-0.15, -0.1) is 0 Å². The normalized spacial score (nSPS) is 11.2. The van der Waals surface area contributed by atoms with Crippen LogP contribution in [0.25, 0.3) is 54.9 Å². The van der Waals surface area contributed by atoms with Gasteiger partial charge < -0.3 is 4.90 Å². The van der Waals surface area contributed by atoms with Crippen LogP contribution in [0.4, 0.5) is 17.1 Å². The molecule has 0 N–H and O–H groups in total. The fourth-order valence-electron chi connectivity index (χ4n) is 6.49. The lowest BCUT2D eigenvalue weighted by Gasteiger charge is -2.27. The van der Waals surface area contributed by atoms with E-state index in [4.69, 9.17) is 11.6 Å². The van der Waals surface area contributed by atoms with E-state index in [9.17, 15) is 0 Å². The van der Waals surface area contributed by atoms with Gasteiger partial charge in [0.2, 0.25) is 0 Å². The van der Waals surface area contributed by atoms with Gasteiger partial charge in [0.25, 0.3) is 0 Å². The molecule has 0 saturated heterocycles. The number of fused-ring (bicyclic) bond motifs is 2. The Morgan fingerprint density at radius 3 is 1.57 bits per heavy atom. The topological polar surface area (TPSA) is 3.24 Å². The minimum Gasteiger partial charge on any atom is -0.310 e. The van der Waals surface area contributed by atoms with Crippen LogP contribution in [-0.4, -0.2) is 0 Å². The number of benzene rings is 8. The third-order valence-electron chi connectivity index (χ3n) is 8.74. The second kappa shape index (κ2) is 12.0. The molecular weight excluding hydrogens is 578 g/mol. The van der Waals surface area contributed by atoms with Crippen molar-refractivity contribution in [3.05, 3.63) is 187 Å². The van der Waals surface area contributed by atoms with Crippen molar-refractivity contribution in [1.82, 2.24) is 0 Å². The lowest BCUT2D eigenvalue weighted by molar-refractivity contribution is 1.30. The molecule has 0 aliphatic rings. The van der Waals surface area contributed by atoms with E-state index in [0.29, 0.717) is 0 Å². The maximum atomic E-state index is 6.27. The molecule has 218 valence electrons. The minimum absolute atomic E-state index is 0.737. The van der Waals surface area contributed by atoms with E-state index in [1.165, 1.54) is 49.4 Å². The van der Waals surface area contributed by atoms with Gasteiger partial charge in [0, 0.05) is 21.8 Å². The van der Waals surface area contributed by atoms with E-state index in [-0.39, 0.29) is 0 Å². The number of hydrogen-bond donors (Lipinski definition) is 0. The zero-order chi connectivity index (χ0) is 30.9. The third kappa shape index (κ3) is 5.21. The van der Waals surface area contributed by atoms with Crippen LogP contribution in [0.15, 0.2) is 182 Å². The number of rotatable bonds is 6. The van der Waals surface area contributed by atoms with E-state index in [0.717, 1.165) is 27.6 Å². The standard InChI is InChI=1S/C44H30ClN/c45-37-24-17-35(18-25-37)42-30-23-34-12-5-7-15-41(34)44(42)36-21-28-39(29-22-36)46(43-16-8-13-33-11-4-6-14-40(33)43)38-26-19-32(20-27-38)31-9-2-1-3-10-31/h1-30H. The van der Waals surface area contributed by atoms with Crippen LogP contribution < -0.4 is 4.90 Å². The number of halogens is 1. The molecule has 0 amide bonds. The Morgan fingerprint density at radius 1 is 0.348 bits per heavy atom. The number of anilines is 3. The summed E-state index contributed by atoms with van der Waals surface area (Å²) in [5.74, 6) is 0. The van der Waals surface area contributed by atoms with Crippen molar-refractivity contribution >= 4 is 50.2 Å². The van der Waals surface area contributed by atoms with Crippen molar-refractivity contribution in [2.24, 2.45) is 0 Å². The van der Waals surface area contributed by atoms with Crippen LogP contribution in [0.5, 0.6) is 0 Å². The predicted octanol–water partition coefficient (Wildman–Crippen LogP) is 13.1. The van der Waals surface area contributed by atoms with Crippen molar-refractivity contribution in [2.75, 3.05) is 4.90 Å². The van der Waals surface area contributed by atoms with E-state index in [2.05, 4.69) is 175 Å². The van der Waals surface area contributed by atoms with Gasteiger partial charge >= 0.3 is 0 Å². The second-order valence-corrected chi connectivity index (χ2v) is 11.9. The summed E-state index contributed by atoms with van der Waals surface area (Å²) >= 11 is 6.27. The summed E-state index contributed by atoms with van der Waals surface area (Å²) in [6.45, 7) is 0. The van der Waals surface area contributed by atoms with Gasteiger partial charge in [-0.05, 0) is 92.0 Å². The lowest BCUT2D eigenvalue weighted by Crippen LogP contribution is -2.10. The molecule has 0 heterocycles. The highest BCUT2D eigenvalue weighted by Crippen LogP contribution is 2.42. The first kappa shape index (κ1) is 27.9. The molecule has 8 aromatic carbocycles. The van der Waals surface area contributed by atoms with Crippen LogP contribution in [0, 0.1) is 0 Å². The molecule has 0 aromatic heterocycles. The van der Waals surface area contributed by atoms with Crippen LogP contribution in [-0.2, 0) is 0 Å². The molecule has 0 aliphatic heterocycles. The zero-order valence-corrected chi connectivity index (χ0v) is 25.9. The maximum absolute atomic E-state index is 6.27. The van der Waals surface area contributed by atoms with Gasteiger partial charge in [-0.25, -0.2) is 0 Å². The average molecular weight is 608 g/mol. The highest BCUT2D eigenvalue weighted by atomic mass is 35.5. The molecule has 0 fully saturated rings. The SMILES string of the molecule is Clc1ccc(-c2ccc3ccccc3c2-c2ccc(N(c3ccc(-c4ccccc4)cc3)c3cccc4ccccc34)cc2)cc1. The molecule has 46 heavy (non-hydrogen) atoms. The van der Waals surface area contributed by atoms with Crippen LogP contribution in [0.3, 0.4) is 0 Å². The van der Waals surface area contributed by atoms with Crippen LogP contribution >= 0.6 is 11.6 Å². The van der Waals surface area contributed by atoms with Crippen molar-refractivity contribution in [3.63, 3.8) is 0 Å². The van der Waals surface area contributed by atoms with Crippen LogP contribution in [0.1, 0.15) is 0 Å². The summed E-state index contributed by atoms with van der Waals surface area (Å²) in [4.78, 5) is 2.37. The summed E-state index contributed by atoms with van der Waals surface area (Å²) in [7, 11) is 0. The van der Waals surface area contributed by atoms with Gasteiger partial charge in [-0.1, -0.05) is 151 Å². The largest absolute Gasteiger partial charge is 0.310 e. The van der Waals surface area contributed by atoms with Gasteiger partial charge in [0.1, 0.15) is 0 Å². The van der Waals surface area contributed by atoms with Crippen molar-refractivity contribution in [1.29, 1.82) is 0 Å². The molecule has 8 aromatic rings. The molecule has 2 heteroatoms. The second-order valence-electron chi connectivity index (χ2n) is 11.5. The minimum atomic E-state index is 0.737. The molecule has 8 rings (SSSR count). The van der Waals surface area contributed by atoms with E-state index in [1.807, 2.05) is 12.1 Å². The first-order valence-electron chi connectivity index (χ1n) is 15.5. The third-order valence-corrected chi connectivity index (χ3v) is 8.99. The fraction of sp³-hybridized carbons (Fsp3) is 0. The summed E-state index contributed by atoms with van der Waals surface area (Å²) in [6, 6.07) is 64.7. The highest BCUT2D eigenvalue weighted by molar-refractivity contribution is 6.30. The van der Waals surface area contributed by atoms with E-state index < -0.39 is 0 Å². The van der Waals surface area contributed by atoms with E-state index in [1.54, 1.807) is 0 Å². The summed E-state index contributed by atoms with van der Waals surface area (Å²) in [5, 5.41) is 5.60. The monoisotopic (exact) mass is 607 g/mol. The Kier molecular flexibility index (Phi) is 7.30. The highest BCUT2D eigenvalue weighted by Gasteiger charge is 2.17. The van der Waals surface area contributed by atoms with Gasteiger partial charge in [0.15, 0.2) is 0 Å². The predicted molar refractivity (Wildman–Crippen MR) is 197 cm³/mol. The first-order chi connectivity index (χ1) is 22.7. The van der Waals surface area contributed by atoms with Crippen molar-refractivity contribution in [2.45, 2.75) is 0 Å². The maximum Gasteiger partial charge on any atom is 0.0540 e. The van der Waals surface area contributed by atoms with E-state index >= 15 is 0 Å². The Morgan fingerprint density at radius 2 is 0.870 bits per heavy atom. The van der Waals surface area contributed by atoms with Gasteiger partial charge in [-0.3, -0.25) is 0 Å². The molecule has 0 spiro atoms. The molecule has 0 saturated carbocycles. The summed E-state index contributed by atoms with van der Waals surface area (Å²) in [6.07, 6.45) is 0. The Hall–Kier alpha value is -5.63. The Labute approximate surface area is 274 Å². The Balaban J connectivity index is 1.27. The van der Waals surface area contributed by atoms with Crippen molar-refractivity contribution in [3.8, 4) is 33.4 Å². The van der Waals surface area contributed by atoms with Crippen LogP contribution in [0.2, 0.25) is 5.02 Å². The molecule has 0 bridgehead atoms. The fourth-order valence-corrected chi connectivity index (χ4v) is 6.62. The first-order valence-corrected chi connectivity index (χ1v) is 15.9. The molecular formula is C44H30ClN. The summed E-state index contributed by atoms with van der Waals surface area (Å²) < 4.78 is 0. The van der Waals surface area contributed by atoms with Gasteiger partial charge in [-0.2, -0.15) is 0 Å². The average Bonchev–Trinajstić information content (AvgIpc) is 3.13. The molecule has 0 radical (unpaired) electrons. The lowest BCUT2D eigenvalue weighted by atomic mass is 9.89. The quantitative estimate of drug-likeness (QED) is 0.182. The smallest absolute Gasteiger partial charge is 0.0540 e.